The van der Waals surface area contributed by atoms with Crippen LogP contribution in [0.4, 0.5) is 4.79 Å². The highest BCUT2D eigenvalue weighted by atomic mass is 16.6. The van der Waals surface area contributed by atoms with E-state index in [-0.39, 0.29) is 41.5 Å². The van der Waals surface area contributed by atoms with Gasteiger partial charge in [-0.2, -0.15) is 0 Å². The van der Waals surface area contributed by atoms with Crippen molar-refractivity contribution in [2.45, 2.75) is 96.2 Å². The third-order valence-electron chi connectivity index (χ3n) is 10.0. The van der Waals surface area contributed by atoms with Crippen LogP contribution in [-0.4, -0.2) is 91.8 Å². The van der Waals surface area contributed by atoms with Gasteiger partial charge >= 0.3 is 6.09 Å². The van der Waals surface area contributed by atoms with E-state index in [1.165, 1.54) is 25.0 Å². The number of methoxy groups -OCH3 is 1. The molecule has 3 heterocycles. The monoisotopic (exact) mass is 504 g/mol. The fraction of sp³-hybridized carbons (Fsp3) is 0.897. The highest BCUT2D eigenvalue weighted by molar-refractivity contribution is 5.68. The van der Waals surface area contributed by atoms with Gasteiger partial charge in [-0.15, -0.1) is 0 Å². The van der Waals surface area contributed by atoms with Crippen LogP contribution in [0.2, 0.25) is 0 Å². The summed E-state index contributed by atoms with van der Waals surface area (Å²) in [6, 6.07) is 0. The molecule has 36 heavy (non-hydrogen) atoms. The van der Waals surface area contributed by atoms with E-state index < -0.39 is 0 Å². The SMILES string of the molecule is CCN(CC)CC1C[C@@H]2CN(C(=O)O[C@@H]3CC[C@]4(CO4)[C@@H]([C@@]4(C)O[C@@H]4CC=C(C)C)[C@@H]3OC)C[C@@H]2C1. The summed E-state index contributed by atoms with van der Waals surface area (Å²) in [6.45, 7) is 16.8. The number of rotatable bonds is 9. The molecule has 0 aromatic heterocycles. The standard InChI is InChI=1S/C29H48N2O5/c1-7-30(8-2)15-20-13-21-16-31(17-22(21)14-20)27(32)35-23-11-12-29(18-34-29)26(25(23)33-6)28(5)24(36-28)10-9-19(3)4/h9,20-26H,7-8,10-18H2,1-6H3/t20?,21-,22+,23-,24-,25-,26-,28+,29+/m1/s1. The number of nitrogens with zero attached hydrogens (tertiary/aromatic N) is 2. The average molecular weight is 505 g/mol. The van der Waals surface area contributed by atoms with Crippen LogP contribution >= 0.6 is 0 Å². The minimum atomic E-state index is -0.307. The van der Waals surface area contributed by atoms with Gasteiger partial charge in [-0.05, 0) is 83.7 Å². The quantitative estimate of drug-likeness (QED) is 0.340. The molecule has 204 valence electrons. The molecule has 0 radical (unpaired) electrons. The molecule has 5 rings (SSSR count). The second-order valence-corrected chi connectivity index (χ2v) is 12.5. The fourth-order valence-corrected chi connectivity index (χ4v) is 7.84. The van der Waals surface area contributed by atoms with Crippen molar-refractivity contribution in [2.24, 2.45) is 23.7 Å². The average Bonchev–Trinajstić information content (AvgIpc) is 3.66. The molecule has 3 saturated heterocycles. The molecule has 7 nitrogen and oxygen atoms in total. The summed E-state index contributed by atoms with van der Waals surface area (Å²) in [5, 5.41) is 0. The molecule has 3 aliphatic heterocycles. The van der Waals surface area contributed by atoms with Crippen molar-refractivity contribution >= 4 is 6.09 Å². The number of carbonyl (C=O) groups excluding carboxylic acids is 1. The maximum absolute atomic E-state index is 13.3. The van der Waals surface area contributed by atoms with E-state index in [0.29, 0.717) is 11.8 Å². The first-order chi connectivity index (χ1) is 17.2. The molecule has 2 aliphatic carbocycles. The van der Waals surface area contributed by atoms with E-state index in [2.05, 4.69) is 45.6 Å². The molecule has 5 aliphatic rings. The number of ether oxygens (including phenoxy) is 4. The van der Waals surface area contributed by atoms with E-state index in [0.717, 1.165) is 58.0 Å². The van der Waals surface area contributed by atoms with Gasteiger partial charge in [0.1, 0.15) is 23.4 Å². The van der Waals surface area contributed by atoms with Crippen LogP contribution in [0, 0.1) is 23.7 Å². The molecule has 0 aromatic carbocycles. The summed E-state index contributed by atoms with van der Waals surface area (Å²) < 4.78 is 24.6. The van der Waals surface area contributed by atoms with Crippen LogP contribution in [0.5, 0.6) is 0 Å². The van der Waals surface area contributed by atoms with Gasteiger partial charge in [-0.25, -0.2) is 4.79 Å². The van der Waals surface area contributed by atoms with Crippen molar-refractivity contribution < 1.29 is 23.7 Å². The highest BCUT2D eigenvalue weighted by Gasteiger charge is 2.72. The number of epoxide rings is 2. The minimum Gasteiger partial charge on any atom is -0.443 e. The number of hydrogen-bond donors (Lipinski definition) is 0. The van der Waals surface area contributed by atoms with Crippen LogP contribution in [0.15, 0.2) is 11.6 Å². The number of fused-ring (bicyclic) bond motifs is 1. The summed E-state index contributed by atoms with van der Waals surface area (Å²) >= 11 is 0. The predicted octanol–water partition coefficient (Wildman–Crippen LogP) is 4.50. The Hall–Kier alpha value is -1.15. The predicted molar refractivity (Wildman–Crippen MR) is 139 cm³/mol. The molecule has 5 fully saturated rings. The Kier molecular flexibility index (Phi) is 7.49. The van der Waals surface area contributed by atoms with Crippen LogP contribution < -0.4 is 0 Å². The van der Waals surface area contributed by atoms with Gasteiger partial charge < -0.3 is 28.7 Å². The minimum absolute atomic E-state index is 0.0657. The summed E-state index contributed by atoms with van der Waals surface area (Å²) in [6.07, 6.45) is 6.81. The number of carbonyl (C=O) groups is 1. The Labute approximate surface area is 217 Å². The van der Waals surface area contributed by atoms with Gasteiger partial charge in [0.15, 0.2) is 0 Å². The van der Waals surface area contributed by atoms with Gasteiger partial charge in [0.2, 0.25) is 0 Å². The van der Waals surface area contributed by atoms with Crippen molar-refractivity contribution in [1.82, 2.24) is 9.80 Å². The molecule has 7 heteroatoms. The molecular weight excluding hydrogens is 456 g/mol. The third-order valence-corrected chi connectivity index (χ3v) is 10.0. The lowest BCUT2D eigenvalue weighted by atomic mass is 9.68. The Morgan fingerprint density at radius 2 is 1.83 bits per heavy atom. The largest absolute Gasteiger partial charge is 0.443 e. The van der Waals surface area contributed by atoms with Crippen molar-refractivity contribution in [2.75, 3.05) is 46.4 Å². The fourth-order valence-electron chi connectivity index (χ4n) is 7.84. The van der Waals surface area contributed by atoms with Gasteiger partial charge in [0, 0.05) is 26.7 Å². The van der Waals surface area contributed by atoms with Gasteiger partial charge in [0.25, 0.3) is 0 Å². The number of likely N-dealkylation sites (tertiary alicyclic amines) is 1. The maximum Gasteiger partial charge on any atom is 0.410 e. The molecule has 9 atom stereocenters. The smallest absolute Gasteiger partial charge is 0.410 e. The number of allylic oxidation sites excluding steroid dienone is 1. The third kappa shape index (κ3) is 4.97. The first-order valence-corrected chi connectivity index (χ1v) is 14.4. The Balaban J connectivity index is 1.19. The summed E-state index contributed by atoms with van der Waals surface area (Å²) in [4.78, 5) is 17.8. The summed E-state index contributed by atoms with van der Waals surface area (Å²) in [5.74, 6) is 2.07. The van der Waals surface area contributed by atoms with Crippen LogP contribution in [-0.2, 0) is 18.9 Å². The molecule has 1 unspecified atom stereocenters. The number of hydrogen-bond acceptors (Lipinski definition) is 6. The van der Waals surface area contributed by atoms with Crippen molar-refractivity contribution in [1.29, 1.82) is 0 Å². The van der Waals surface area contributed by atoms with Crippen LogP contribution in [0.25, 0.3) is 0 Å². The Bertz CT molecular complexity index is 822. The van der Waals surface area contributed by atoms with Gasteiger partial charge in [-0.1, -0.05) is 25.5 Å². The molecule has 1 amide bonds. The lowest BCUT2D eigenvalue weighted by molar-refractivity contribution is -0.121. The maximum atomic E-state index is 13.3. The van der Waals surface area contributed by atoms with E-state index in [1.807, 2.05) is 4.90 Å². The molecule has 0 N–H and O–H groups in total. The second-order valence-electron chi connectivity index (χ2n) is 12.5. The zero-order valence-corrected chi connectivity index (χ0v) is 23.3. The molecule has 1 spiro atoms. The van der Waals surface area contributed by atoms with Crippen molar-refractivity contribution in [3.05, 3.63) is 11.6 Å². The zero-order chi connectivity index (χ0) is 25.7. The lowest BCUT2D eigenvalue weighted by Gasteiger charge is -2.43. The van der Waals surface area contributed by atoms with Crippen LogP contribution in [0.1, 0.15) is 66.7 Å². The molecular formula is C29H48N2O5. The molecule has 2 saturated carbocycles. The topological polar surface area (TPSA) is 67.1 Å². The first-order valence-electron chi connectivity index (χ1n) is 14.4. The van der Waals surface area contributed by atoms with Crippen molar-refractivity contribution in [3.8, 4) is 0 Å². The first kappa shape index (κ1) is 26.5. The Morgan fingerprint density at radius 1 is 1.17 bits per heavy atom. The lowest BCUT2D eigenvalue weighted by Crippen LogP contribution is -2.56. The van der Waals surface area contributed by atoms with E-state index >= 15 is 0 Å². The van der Waals surface area contributed by atoms with E-state index in [4.69, 9.17) is 18.9 Å². The van der Waals surface area contributed by atoms with Crippen molar-refractivity contribution in [3.63, 3.8) is 0 Å². The highest BCUT2D eigenvalue weighted by Crippen LogP contribution is 2.59. The zero-order valence-electron chi connectivity index (χ0n) is 23.3. The summed E-state index contributed by atoms with van der Waals surface area (Å²) in [7, 11) is 1.74. The molecule has 0 bridgehead atoms. The second kappa shape index (κ2) is 10.2. The summed E-state index contributed by atoms with van der Waals surface area (Å²) in [5.41, 5.74) is 0.806. The Morgan fingerprint density at radius 3 is 2.39 bits per heavy atom. The van der Waals surface area contributed by atoms with Gasteiger partial charge in [0.05, 0.1) is 18.6 Å². The number of amides is 1. The normalized spacial score (nSPS) is 43.1. The van der Waals surface area contributed by atoms with E-state index in [1.54, 1.807) is 7.11 Å². The van der Waals surface area contributed by atoms with Crippen LogP contribution in [0.3, 0.4) is 0 Å². The van der Waals surface area contributed by atoms with E-state index in [9.17, 15) is 4.79 Å². The van der Waals surface area contributed by atoms with Gasteiger partial charge in [-0.3, -0.25) is 0 Å². The molecule has 0 aromatic rings.